The van der Waals surface area contributed by atoms with Crippen molar-refractivity contribution >= 4 is 11.9 Å². The average Bonchev–Trinajstić information content (AvgIpc) is 2.67. The molecular formula is C12H13NO4. The molecule has 0 aromatic heterocycles. The van der Waals surface area contributed by atoms with Crippen LogP contribution in [0, 0.1) is 0 Å². The lowest BCUT2D eigenvalue weighted by Gasteiger charge is -2.16. The molecule has 0 saturated carbocycles. The normalized spacial score (nSPS) is 15.3. The third-order valence-corrected chi connectivity index (χ3v) is 2.86. The fourth-order valence-electron chi connectivity index (χ4n) is 1.91. The van der Waals surface area contributed by atoms with E-state index in [1.807, 2.05) is 0 Å². The van der Waals surface area contributed by atoms with E-state index in [0.29, 0.717) is 25.1 Å². The summed E-state index contributed by atoms with van der Waals surface area (Å²) in [5, 5.41) is 18.4. The zero-order chi connectivity index (χ0) is 12.4. The molecule has 1 saturated heterocycles. The van der Waals surface area contributed by atoms with Crippen molar-refractivity contribution in [2.45, 2.75) is 19.4 Å². The minimum atomic E-state index is -1.08. The van der Waals surface area contributed by atoms with Gasteiger partial charge in [-0.05, 0) is 18.6 Å². The van der Waals surface area contributed by atoms with Gasteiger partial charge in [-0.2, -0.15) is 0 Å². The number of carboxylic acid groups (broad SMARTS) is 1. The standard InChI is InChI=1S/C12H13NO4/c14-10-6-8(12(16)17)3-4-9(10)7-13-5-1-2-11(13)15/h3-4,6,14H,1-2,5,7H2,(H,16,17). The van der Waals surface area contributed by atoms with Crippen LogP contribution in [-0.2, 0) is 11.3 Å². The summed E-state index contributed by atoms with van der Waals surface area (Å²) in [7, 11) is 0. The van der Waals surface area contributed by atoms with Crippen LogP contribution in [0.2, 0.25) is 0 Å². The van der Waals surface area contributed by atoms with Gasteiger partial charge in [-0.15, -0.1) is 0 Å². The number of aromatic carboxylic acids is 1. The van der Waals surface area contributed by atoms with Gasteiger partial charge < -0.3 is 15.1 Å². The highest BCUT2D eigenvalue weighted by atomic mass is 16.4. The van der Waals surface area contributed by atoms with Gasteiger partial charge in [0.25, 0.3) is 0 Å². The van der Waals surface area contributed by atoms with Crippen LogP contribution in [0.25, 0.3) is 0 Å². The van der Waals surface area contributed by atoms with Crippen molar-refractivity contribution in [3.63, 3.8) is 0 Å². The van der Waals surface area contributed by atoms with Crippen LogP contribution in [0.4, 0.5) is 0 Å². The number of aromatic hydroxyl groups is 1. The van der Waals surface area contributed by atoms with E-state index in [0.717, 1.165) is 6.42 Å². The van der Waals surface area contributed by atoms with Gasteiger partial charge >= 0.3 is 5.97 Å². The maximum Gasteiger partial charge on any atom is 0.335 e. The van der Waals surface area contributed by atoms with E-state index in [1.165, 1.54) is 12.1 Å². The minimum Gasteiger partial charge on any atom is -0.508 e. The molecule has 5 nitrogen and oxygen atoms in total. The van der Waals surface area contributed by atoms with E-state index in [9.17, 15) is 14.7 Å². The predicted molar refractivity (Wildman–Crippen MR) is 59.7 cm³/mol. The Labute approximate surface area is 98.3 Å². The van der Waals surface area contributed by atoms with Gasteiger partial charge in [-0.1, -0.05) is 6.07 Å². The Kier molecular flexibility index (Phi) is 2.99. The highest BCUT2D eigenvalue weighted by Crippen LogP contribution is 2.22. The molecule has 1 aromatic rings. The van der Waals surface area contributed by atoms with Crippen LogP contribution >= 0.6 is 0 Å². The van der Waals surface area contributed by atoms with Crippen molar-refractivity contribution in [1.82, 2.24) is 4.90 Å². The molecule has 0 aliphatic carbocycles. The van der Waals surface area contributed by atoms with Crippen molar-refractivity contribution in [2.75, 3.05) is 6.54 Å². The maximum atomic E-state index is 11.4. The highest BCUT2D eigenvalue weighted by molar-refractivity contribution is 5.88. The molecule has 1 aromatic carbocycles. The molecule has 2 rings (SSSR count). The number of phenols is 1. The minimum absolute atomic E-state index is 0.0407. The lowest BCUT2D eigenvalue weighted by molar-refractivity contribution is -0.128. The number of amides is 1. The third kappa shape index (κ3) is 2.38. The number of carboxylic acids is 1. The van der Waals surface area contributed by atoms with Crippen molar-refractivity contribution in [1.29, 1.82) is 0 Å². The Morgan fingerprint density at radius 1 is 1.41 bits per heavy atom. The molecule has 0 radical (unpaired) electrons. The topological polar surface area (TPSA) is 77.8 Å². The smallest absolute Gasteiger partial charge is 0.335 e. The third-order valence-electron chi connectivity index (χ3n) is 2.86. The summed E-state index contributed by atoms with van der Waals surface area (Å²) < 4.78 is 0. The molecule has 1 heterocycles. The van der Waals surface area contributed by atoms with E-state index in [4.69, 9.17) is 5.11 Å². The molecule has 90 valence electrons. The van der Waals surface area contributed by atoms with Gasteiger partial charge in [0.1, 0.15) is 5.75 Å². The number of benzene rings is 1. The summed E-state index contributed by atoms with van der Waals surface area (Å²) in [5.41, 5.74) is 0.615. The van der Waals surface area contributed by atoms with Crippen LogP contribution in [0.5, 0.6) is 5.75 Å². The number of nitrogens with zero attached hydrogens (tertiary/aromatic N) is 1. The van der Waals surface area contributed by atoms with Gasteiger partial charge in [0.15, 0.2) is 0 Å². The molecule has 0 unspecified atom stereocenters. The molecule has 17 heavy (non-hydrogen) atoms. The maximum absolute atomic E-state index is 11.4. The van der Waals surface area contributed by atoms with E-state index >= 15 is 0 Å². The molecule has 1 aliphatic heterocycles. The number of hydrogen-bond donors (Lipinski definition) is 2. The molecule has 0 atom stereocenters. The fourth-order valence-corrected chi connectivity index (χ4v) is 1.91. The largest absolute Gasteiger partial charge is 0.508 e. The summed E-state index contributed by atoms with van der Waals surface area (Å²) in [5.74, 6) is -1.08. The first kappa shape index (κ1) is 11.4. The van der Waals surface area contributed by atoms with Crippen molar-refractivity contribution in [3.8, 4) is 5.75 Å². The first-order valence-corrected chi connectivity index (χ1v) is 5.41. The van der Waals surface area contributed by atoms with Crippen LogP contribution < -0.4 is 0 Å². The first-order valence-electron chi connectivity index (χ1n) is 5.41. The Morgan fingerprint density at radius 3 is 2.71 bits per heavy atom. The van der Waals surface area contributed by atoms with E-state index < -0.39 is 5.97 Å². The van der Waals surface area contributed by atoms with Crippen LogP contribution in [0.15, 0.2) is 18.2 Å². The summed E-state index contributed by atoms with van der Waals surface area (Å²) in [4.78, 5) is 23.8. The van der Waals surface area contributed by atoms with E-state index in [2.05, 4.69) is 0 Å². The number of hydrogen-bond acceptors (Lipinski definition) is 3. The average molecular weight is 235 g/mol. The zero-order valence-corrected chi connectivity index (χ0v) is 9.22. The fraction of sp³-hybridized carbons (Fsp3) is 0.333. The van der Waals surface area contributed by atoms with Crippen molar-refractivity contribution in [2.24, 2.45) is 0 Å². The second-order valence-corrected chi connectivity index (χ2v) is 4.07. The number of carbonyl (C=O) groups is 2. The molecule has 1 fully saturated rings. The molecule has 2 N–H and O–H groups in total. The lowest BCUT2D eigenvalue weighted by Crippen LogP contribution is -2.23. The van der Waals surface area contributed by atoms with Gasteiger partial charge in [-0.3, -0.25) is 4.79 Å². The van der Waals surface area contributed by atoms with Crippen molar-refractivity contribution < 1.29 is 19.8 Å². The summed E-state index contributed by atoms with van der Waals surface area (Å²) in [6, 6.07) is 4.18. The SMILES string of the molecule is O=C(O)c1ccc(CN2CCCC2=O)c(O)c1. The zero-order valence-electron chi connectivity index (χ0n) is 9.22. The number of phenolic OH excluding ortho intramolecular Hbond substituents is 1. The van der Waals surface area contributed by atoms with Gasteiger partial charge in [0, 0.05) is 25.1 Å². The van der Waals surface area contributed by atoms with Gasteiger partial charge in [-0.25, -0.2) is 4.79 Å². The number of likely N-dealkylation sites (tertiary alicyclic amines) is 1. The van der Waals surface area contributed by atoms with E-state index in [1.54, 1.807) is 11.0 Å². The Morgan fingerprint density at radius 2 is 2.18 bits per heavy atom. The van der Waals surface area contributed by atoms with Crippen LogP contribution in [0.1, 0.15) is 28.8 Å². The second kappa shape index (κ2) is 4.45. The molecular weight excluding hydrogens is 222 g/mol. The summed E-state index contributed by atoms with van der Waals surface area (Å²) in [6.45, 7) is 1.03. The Bertz CT molecular complexity index is 470. The highest BCUT2D eigenvalue weighted by Gasteiger charge is 2.21. The molecule has 1 amide bonds. The second-order valence-electron chi connectivity index (χ2n) is 4.07. The van der Waals surface area contributed by atoms with Crippen LogP contribution in [0.3, 0.4) is 0 Å². The molecule has 5 heteroatoms. The van der Waals surface area contributed by atoms with Gasteiger partial charge in [0.2, 0.25) is 5.91 Å². The first-order chi connectivity index (χ1) is 8.08. The number of carbonyl (C=O) groups excluding carboxylic acids is 1. The quantitative estimate of drug-likeness (QED) is 0.825. The van der Waals surface area contributed by atoms with Crippen LogP contribution in [-0.4, -0.2) is 33.5 Å². The molecule has 0 spiro atoms. The predicted octanol–water partition coefficient (Wildman–Crippen LogP) is 1.21. The molecule has 1 aliphatic rings. The van der Waals surface area contributed by atoms with Gasteiger partial charge in [0.05, 0.1) is 5.56 Å². The monoisotopic (exact) mass is 235 g/mol. The lowest BCUT2D eigenvalue weighted by atomic mass is 10.1. The van der Waals surface area contributed by atoms with Crippen molar-refractivity contribution in [3.05, 3.63) is 29.3 Å². The number of rotatable bonds is 3. The van der Waals surface area contributed by atoms with E-state index in [-0.39, 0.29) is 17.2 Å². The summed E-state index contributed by atoms with van der Waals surface area (Å²) in [6.07, 6.45) is 1.39. The summed E-state index contributed by atoms with van der Waals surface area (Å²) >= 11 is 0. The molecule has 0 bridgehead atoms. The Balaban J connectivity index is 2.16. The Hall–Kier alpha value is -2.04.